The molecule has 0 saturated carbocycles. The van der Waals surface area contributed by atoms with E-state index in [1.54, 1.807) is 0 Å². The summed E-state index contributed by atoms with van der Waals surface area (Å²) in [5.41, 5.74) is 6.12. The predicted octanol–water partition coefficient (Wildman–Crippen LogP) is 0.784. The molecular weight excluding hydrogens is 294 g/mol. The zero-order valence-corrected chi connectivity index (χ0v) is 13.6. The summed E-state index contributed by atoms with van der Waals surface area (Å²) in [4.78, 5) is 27.7. The molecule has 1 saturated heterocycles. The van der Waals surface area contributed by atoms with Crippen LogP contribution in [0.25, 0.3) is 0 Å². The highest BCUT2D eigenvalue weighted by atomic mass is 16.5. The lowest BCUT2D eigenvalue weighted by Crippen LogP contribution is -2.40. The second-order valence-corrected chi connectivity index (χ2v) is 5.67. The van der Waals surface area contributed by atoms with Crippen molar-refractivity contribution in [2.75, 3.05) is 39.3 Å². The van der Waals surface area contributed by atoms with E-state index in [4.69, 9.17) is 10.5 Å². The lowest BCUT2D eigenvalue weighted by molar-refractivity contribution is -0.143. The summed E-state index contributed by atoms with van der Waals surface area (Å²) in [7, 11) is 0. The van der Waals surface area contributed by atoms with E-state index in [0.29, 0.717) is 26.2 Å². The summed E-state index contributed by atoms with van der Waals surface area (Å²) in [5.74, 6) is -0.347. The van der Waals surface area contributed by atoms with E-state index in [1.807, 2.05) is 47.1 Å². The smallest absolute Gasteiger partial charge is 0.256 e. The normalized spacial score (nSPS) is 17.5. The molecule has 1 unspecified atom stereocenters. The molecule has 23 heavy (non-hydrogen) atoms. The molecular formula is C17H25N3O3. The van der Waals surface area contributed by atoms with E-state index in [0.717, 1.165) is 18.5 Å². The summed E-state index contributed by atoms with van der Waals surface area (Å²) >= 11 is 0. The van der Waals surface area contributed by atoms with Crippen LogP contribution in [0.15, 0.2) is 30.3 Å². The zero-order valence-electron chi connectivity index (χ0n) is 13.6. The van der Waals surface area contributed by atoms with E-state index >= 15 is 0 Å². The molecule has 1 heterocycles. The molecule has 1 aromatic carbocycles. The third kappa shape index (κ3) is 5.04. The topological polar surface area (TPSA) is 75.9 Å². The first-order chi connectivity index (χ1) is 11.1. The van der Waals surface area contributed by atoms with Gasteiger partial charge in [0.1, 0.15) is 0 Å². The van der Waals surface area contributed by atoms with Gasteiger partial charge in [-0.1, -0.05) is 30.3 Å². The van der Waals surface area contributed by atoms with E-state index in [-0.39, 0.29) is 18.4 Å². The van der Waals surface area contributed by atoms with Gasteiger partial charge in [0.2, 0.25) is 5.91 Å². The largest absolute Gasteiger partial charge is 0.369 e. The predicted molar refractivity (Wildman–Crippen MR) is 87.6 cm³/mol. The van der Waals surface area contributed by atoms with E-state index in [1.165, 1.54) is 0 Å². The highest BCUT2D eigenvalue weighted by molar-refractivity contribution is 5.82. The van der Waals surface area contributed by atoms with E-state index in [9.17, 15) is 9.59 Å². The molecule has 0 aromatic heterocycles. The summed E-state index contributed by atoms with van der Waals surface area (Å²) in [6.07, 6.45) is 0.260. The number of benzene rings is 1. The molecule has 2 rings (SSSR count). The van der Waals surface area contributed by atoms with Crippen molar-refractivity contribution < 1.29 is 14.3 Å². The van der Waals surface area contributed by atoms with Crippen LogP contribution in [-0.4, -0.2) is 60.9 Å². The van der Waals surface area contributed by atoms with Gasteiger partial charge < -0.3 is 15.4 Å². The molecule has 126 valence electrons. The maximum atomic E-state index is 12.9. The second kappa shape index (κ2) is 8.64. The minimum Gasteiger partial charge on any atom is -0.369 e. The van der Waals surface area contributed by atoms with Crippen molar-refractivity contribution in [1.29, 1.82) is 0 Å². The standard InChI is InChI=1S/C17H25N3O3/c1-2-23-16(14-7-4-3-5-8-14)17(22)20-10-6-9-19(11-12-20)13-15(18)21/h3-5,7-8,16H,2,6,9-13H2,1H3,(H2,18,21). The molecule has 0 bridgehead atoms. The van der Waals surface area contributed by atoms with Crippen molar-refractivity contribution in [3.63, 3.8) is 0 Å². The quantitative estimate of drug-likeness (QED) is 0.841. The second-order valence-electron chi connectivity index (χ2n) is 5.67. The average Bonchev–Trinajstić information content (AvgIpc) is 2.78. The fourth-order valence-electron chi connectivity index (χ4n) is 2.84. The van der Waals surface area contributed by atoms with Crippen molar-refractivity contribution in [2.45, 2.75) is 19.4 Å². The number of nitrogens with zero attached hydrogens (tertiary/aromatic N) is 2. The molecule has 1 atom stereocenters. The molecule has 1 fully saturated rings. The number of hydrogen-bond acceptors (Lipinski definition) is 4. The lowest BCUT2D eigenvalue weighted by atomic mass is 10.1. The first kappa shape index (κ1) is 17.4. The van der Waals surface area contributed by atoms with Gasteiger partial charge in [-0.15, -0.1) is 0 Å². The molecule has 6 heteroatoms. The first-order valence-electron chi connectivity index (χ1n) is 8.07. The van der Waals surface area contributed by atoms with Gasteiger partial charge in [-0.25, -0.2) is 0 Å². The Bertz CT molecular complexity index is 521. The molecule has 0 spiro atoms. The number of carbonyl (C=O) groups is 2. The van der Waals surface area contributed by atoms with Gasteiger partial charge in [0, 0.05) is 32.8 Å². The summed E-state index contributed by atoms with van der Waals surface area (Å²) in [5, 5.41) is 0. The number of hydrogen-bond donors (Lipinski definition) is 1. The van der Waals surface area contributed by atoms with Gasteiger partial charge in [-0.05, 0) is 18.9 Å². The van der Waals surface area contributed by atoms with Crippen molar-refractivity contribution in [3.05, 3.63) is 35.9 Å². The van der Waals surface area contributed by atoms with Crippen LogP contribution in [0.1, 0.15) is 25.0 Å². The maximum absolute atomic E-state index is 12.9. The van der Waals surface area contributed by atoms with Crippen LogP contribution in [0.3, 0.4) is 0 Å². The molecule has 0 aliphatic carbocycles. The van der Waals surface area contributed by atoms with Gasteiger partial charge in [0.25, 0.3) is 5.91 Å². The molecule has 1 aromatic rings. The highest BCUT2D eigenvalue weighted by Gasteiger charge is 2.28. The lowest BCUT2D eigenvalue weighted by Gasteiger charge is -2.26. The fourth-order valence-corrected chi connectivity index (χ4v) is 2.84. The minimum absolute atomic E-state index is 0.0148. The van der Waals surface area contributed by atoms with Crippen molar-refractivity contribution in [1.82, 2.24) is 9.80 Å². The van der Waals surface area contributed by atoms with Gasteiger partial charge in [0.15, 0.2) is 6.10 Å². The SMILES string of the molecule is CCOC(C(=O)N1CCCN(CC(N)=O)CC1)c1ccccc1. The number of primary amides is 1. The van der Waals surface area contributed by atoms with E-state index < -0.39 is 6.10 Å². The number of ether oxygens (including phenoxy) is 1. The molecule has 0 radical (unpaired) electrons. The van der Waals surface area contributed by atoms with Crippen LogP contribution < -0.4 is 5.73 Å². The Hall–Kier alpha value is -1.92. The van der Waals surface area contributed by atoms with Crippen LogP contribution in [0.5, 0.6) is 0 Å². The molecule has 1 aliphatic rings. The fraction of sp³-hybridized carbons (Fsp3) is 0.529. The minimum atomic E-state index is -0.566. The number of amides is 2. The molecule has 6 nitrogen and oxygen atoms in total. The number of carbonyl (C=O) groups excluding carboxylic acids is 2. The Balaban J connectivity index is 2.03. The Morgan fingerprint density at radius 2 is 1.91 bits per heavy atom. The van der Waals surface area contributed by atoms with Crippen molar-refractivity contribution in [3.8, 4) is 0 Å². The Morgan fingerprint density at radius 1 is 1.17 bits per heavy atom. The number of nitrogens with two attached hydrogens (primary N) is 1. The Labute approximate surface area is 137 Å². The van der Waals surface area contributed by atoms with Crippen LogP contribution in [0.2, 0.25) is 0 Å². The Kier molecular flexibility index (Phi) is 6.55. The van der Waals surface area contributed by atoms with Gasteiger partial charge >= 0.3 is 0 Å². The zero-order chi connectivity index (χ0) is 16.7. The molecule has 1 aliphatic heterocycles. The average molecular weight is 319 g/mol. The highest BCUT2D eigenvalue weighted by Crippen LogP contribution is 2.21. The summed E-state index contributed by atoms with van der Waals surface area (Å²) in [6, 6.07) is 9.56. The Morgan fingerprint density at radius 3 is 2.57 bits per heavy atom. The van der Waals surface area contributed by atoms with Crippen LogP contribution in [-0.2, 0) is 14.3 Å². The summed E-state index contributed by atoms with van der Waals surface area (Å²) in [6.45, 7) is 5.30. The maximum Gasteiger partial charge on any atom is 0.256 e. The summed E-state index contributed by atoms with van der Waals surface area (Å²) < 4.78 is 5.70. The number of rotatable bonds is 6. The molecule has 2 N–H and O–H groups in total. The van der Waals surface area contributed by atoms with E-state index in [2.05, 4.69) is 0 Å². The van der Waals surface area contributed by atoms with Gasteiger partial charge in [-0.2, -0.15) is 0 Å². The van der Waals surface area contributed by atoms with Crippen LogP contribution in [0, 0.1) is 0 Å². The van der Waals surface area contributed by atoms with Crippen LogP contribution >= 0.6 is 0 Å². The monoisotopic (exact) mass is 319 g/mol. The van der Waals surface area contributed by atoms with Crippen LogP contribution in [0.4, 0.5) is 0 Å². The first-order valence-corrected chi connectivity index (χ1v) is 8.07. The van der Waals surface area contributed by atoms with Crippen molar-refractivity contribution in [2.24, 2.45) is 5.73 Å². The third-order valence-electron chi connectivity index (χ3n) is 3.94. The van der Waals surface area contributed by atoms with Crippen molar-refractivity contribution >= 4 is 11.8 Å². The van der Waals surface area contributed by atoms with Gasteiger partial charge in [-0.3, -0.25) is 14.5 Å². The molecule has 2 amide bonds. The van der Waals surface area contributed by atoms with Gasteiger partial charge in [0.05, 0.1) is 6.54 Å². The third-order valence-corrected chi connectivity index (χ3v) is 3.94.